The minimum Gasteiger partial charge on any atom is -0.469 e. The second-order valence-electron chi connectivity index (χ2n) is 4.36. The number of aryl methyl sites for hydroxylation is 1. The minimum absolute atomic E-state index is 0.137. The largest absolute Gasteiger partial charge is 0.469 e. The Kier molecular flexibility index (Phi) is 4.40. The monoisotopic (exact) mass is 224 g/mol. The highest BCUT2D eigenvalue weighted by molar-refractivity contribution is 5.74. The normalized spacial score (nSPS) is 12.6. The first-order valence-corrected chi connectivity index (χ1v) is 5.58. The van der Waals surface area contributed by atoms with E-state index >= 15 is 0 Å². The summed E-state index contributed by atoms with van der Waals surface area (Å²) in [6.45, 7) is 8.52. The zero-order valence-corrected chi connectivity index (χ0v) is 10.3. The maximum Gasteiger partial charge on any atom is 0.315 e. The molecule has 1 atom stereocenters. The molecule has 0 radical (unpaired) electrons. The molecule has 1 aromatic heterocycles. The molecular weight excluding hydrogens is 204 g/mol. The molecule has 4 heteroatoms. The minimum atomic E-state index is -0.137. The standard InChI is InChI=1S/C12H20N2O2/c1-8(2)9(3)14-12(15)13-7-11-5-6-16-10(11)4/h5-6,8-9H,7H2,1-4H3,(H2,13,14,15). The van der Waals surface area contributed by atoms with Gasteiger partial charge in [0.15, 0.2) is 0 Å². The summed E-state index contributed by atoms with van der Waals surface area (Å²) in [5.41, 5.74) is 1.01. The van der Waals surface area contributed by atoms with E-state index < -0.39 is 0 Å². The van der Waals surface area contributed by atoms with Crippen LogP contribution in [-0.4, -0.2) is 12.1 Å². The molecule has 0 spiro atoms. The van der Waals surface area contributed by atoms with E-state index in [2.05, 4.69) is 24.5 Å². The van der Waals surface area contributed by atoms with E-state index in [1.54, 1.807) is 6.26 Å². The molecule has 0 aliphatic rings. The van der Waals surface area contributed by atoms with E-state index in [1.807, 2.05) is 19.9 Å². The van der Waals surface area contributed by atoms with Crippen molar-refractivity contribution in [2.24, 2.45) is 5.92 Å². The Morgan fingerprint density at radius 3 is 2.62 bits per heavy atom. The van der Waals surface area contributed by atoms with E-state index in [0.29, 0.717) is 12.5 Å². The Hall–Kier alpha value is -1.45. The van der Waals surface area contributed by atoms with Gasteiger partial charge in [-0.15, -0.1) is 0 Å². The first-order chi connectivity index (χ1) is 7.50. The summed E-state index contributed by atoms with van der Waals surface area (Å²) in [7, 11) is 0. The molecule has 16 heavy (non-hydrogen) atoms. The van der Waals surface area contributed by atoms with Crippen molar-refractivity contribution in [3.8, 4) is 0 Å². The molecule has 0 aromatic carbocycles. The van der Waals surface area contributed by atoms with Crippen molar-refractivity contribution in [3.05, 3.63) is 23.7 Å². The number of hydrogen-bond acceptors (Lipinski definition) is 2. The number of hydrogen-bond donors (Lipinski definition) is 2. The Morgan fingerprint density at radius 1 is 1.44 bits per heavy atom. The molecule has 0 fully saturated rings. The fraction of sp³-hybridized carbons (Fsp3) is 0.583. The summed E-state index contributed by atoms with van der Waals surface area (Å²) in [5, 5.41) is 5.68. The van der Waals surface area contributed by atoms with Gasteiger partial charge in [-0.1, -0.05) is 13.8 Å². The number of urea groups is 1. The van der Waals surface area contributed by atoms with E-state index in [1.165, 1.54) is 0 Å². The zero-order valence-electron chi connectivity index (χ0n) is 10.3. The van der Waals surface area contributed by atoms with Crippen molar-refractivity contribution >= 4 is 6.03 Å². The fourth-order valence-corrected chi connectivity index (χ4v) is 1.19. The topological polar surface area (TPSA) is 54.3 Å². The number of carbonyl (C=O) groups is 1. The van der Waals surface area contributed by atoms with Gasteiger partial charge in [0.2, 0.25) is 0 Å². The van der Waals surface area contributed by atoms with Crippen LogP contribution in [-0.2, 0) is 6.54 Å². The van der Waals surface area contributed by atoms with E-state index in [9.17, 15) is 4.79 Å². The number of furan rings is 1. The molecule has 0 bridgehead atoms. The van der Waals surface area contributed by atoms with Crippen LogP contribution in [0.2, 0.25) is 0 Å². The lowest BCUT2D eigenvalue weighted by molar-refractivity contribution is 0.234. The maximum absolute atomic E-state index is 11.5. The molecule has 0 saturated heterocycles. The lowest BCUT2D eigenvalue weighted by atomic mass is 10.1. The third-order valence-electron chi connectivity index (χ3n) is 2.76. The highest BCUT2D eigenvalue weighted by Gasteiger charge is 2.10. The third-order valence-corrected chi connectivity index (χ3v) is 2.76. The number of nitrogens with one attached hydrogen (secondary N) is 2. The Balaban J connectivity index is 2.33. The van der Waals surface area contributed by atoms with Crippen molar-refractivity contribution in [3.63, 3.8) is 0 Å². The van der Waals surface area contributed by atoms with Crippen molar-refractivity contribution in [2.75, 3.05) is 0 Å². The molecule has 0 aliphatic carbocycles. The van der Waals surface area contributed by atoms with Gasteiger partial charge in [-0.25, -0.2) is 4.79 Å². The van der Waals surface area contributed by atoms with Crippen LogP contribution in [0.25, 0.3) is 0 Å². The van der Waals surface area contributed by atoms with Gasteiger partial charge in [0.1, 0.15) is 5.76 Å². The predicted octanol–water partition coefficient (Wildman–Crippen LogP) is 2.43. The molecule has 90 valence electrons. The number of amides is 2. The first kappa shape index (κ1) is 12.6. The van der Waals surface area contributed by atoms with Gasteiger partial charge < -0.3 is 15.1 Å². The Morgan fingerprint density at radius 2 is 2.12 bits per heavy atom. The van der Waals surface area contributed by atoms with Crippen molar-refractivity contribution in [1.82, 2.24) is 10.6 Å². The molecule has 2 amide bonds. The van der Waals surface area contributed by atoms with Gasteiger partial charge in [-0.05, 0) is 25.8 Å². The summed E-state index contributed by atoms with van der Waals surface area (Å²) in [6.07, 6.45) is 1.63. The molecular formula is C12H20N2O2. The first-order valence-electron chi connectivity index (χ1n) is 5.58. The predicted molar refractivity (Wildman–Crippen MR) is 63.1 cm³/mol. The molecule has 2 N–H and O–H groups in total. The zero-order chi connectivity index (χ0) is 12.1. The highest BCUT2D eigenvalue weighted by Crippen LogP contribution is 2.07. The molecule has 1 unspecified atom stereocenters. The molecule has 0 aliphatic heterocycles. The molecule has 1 heterocycles. The lowest BCUT2D eigenvalue weighted by Crippen LogP contribution is -2.42. The van der Waals surface area contributed by atoms with Crippen LogP contribution in [0.3, 0.4) is 0 Å². The van der Waals surface area contributed by atoms with Gasteiger partial charge in [0, 0.05) is 18.2 Å². The number of carbonyl (C=O) groups excluding carboxylic acids is 1. The average molecular weight is 224 g/mol. The Bertz CT molecular complexity index is 345. The number of rotatable bonds is 4. The Labute approximate surface area is 96.4 Å². The van der Waals surface area contributed by atoms with E-state index in [0.717, 1.165) is 11.3 Å². The summed E-state index contributed by atoms with van der Waals surface area (Å²) < 4.78 is 5.14. The lowest BCUT2D eigenvalue weighted by Gasteiger charge is -2.17. The fourth-order valence-electron chi connectivity index (χ4n) is 1.19. The smallest absolute Gasteiger partial charge is 0.315 e. The van der Waals surface area contributed by atoms with Crippen LogP contribution >= 0.6 is 0 Å². The van der Waals surface area contributed by atoms with Crippen molar-refractivity contribution in [2.45, 2.75) is 40.3 Å². The van der Waals surface area contributed by atoms with Crippen LogP contribution in [0.15, 0.2) is 16.7 Å². The van der Waals surface area contributed by atoms with Gasteiger partial charge >= 0.3 is 6.03 Å². The van der Waals surface area contributed by atoms with Crippen LogP contribution < -0.4 is 10.6 Å². The summed E-state index contributed by atoms with van der Waals surface area (Å²) in [6, 6.07) is 1.90. The average Bonchev–Trinajstić information content (AvgIpc) is 2.61. The summed E-state index contributed by atoms with van der Waals surface area (Å²) >= 11 is 0. The molecule has 0 saturated carbocycles. The second kappa shape index (κ2) is 5.58. The van der Waals surface area contributed by atoms with Crippen molar-refractivity contribution < 1.29 is 9.21 Å². The molecule has 4 nitrogen and oxygen atoms in total. The maximum atomic E-state index is 11.5. The quantitative estimate of drug-likeness (QED) is 0.825. The summed E-state index contributed by atoms with van der Waals surface area (Å²) in [5.74, 6) is 1.28. The van der Waals surface area contributed by atoms with Gasteiger partial charge in [-0.3, -0.25) is 0 Å². The van der Waals surface area contributed by atoms with Gasteiger partial charge in [0.05, 0.1) is 6.26 Å². The van der Waals surface area contributed by atoms with Crippen LogP contribution in [0, 0.1) is 12.8 Å². The highest BCUT2D eigenvalue weighted by atomic mass is 16.3. The summed E-state index contributed by atoms with van der Waals surface area (Å²) in [4.78, 5) is 11.5. The second-order valence-corrected chi connectivity index (χ2v) is 4.36. The van der Waals surface area contributed by atoms with Crippen LogP contribution in [0.1, 0.15) is 32.1 Å². The van der Waals surface area contributed by atoms with Gasteiger partial charge in [-0.2, -0.15) is 0 Å². The van der Waals surface area contributed by atoms with Gasteiger partial charge in [0.25, 0.3) is 0 Å². The van der Waals surface area contributed by atoms with Crippen LogP contribution in [0.5, 0.6) is 0 Å². The third kappa shape index (κ3) is 3.61. The van der Waals surface area contributed by atoms with Crippen molar-refractivity contribution in [1.29, 1.82) is 0 Å². The van der Waals surface area contributed by atoms with Crippen LogP contribution in [0.4, 0.5) is 4.79 Å². The SMILES string of the molecule is Cc1occc1CNC(=O)NC(C)C(C)C. The molecule has 1 rings (SSSR count). The van der Waals surface area contributed by atoms with E-state index in [-0.39, 0.29) is 12.1 Å². The molecule has 1 aromatic rings. The van der Waals surface area contributed by atoms with E-state index in [4.69, 9.17) is 4.42 Å².